The zero-order chi connectivity index (χ0) is 18.2. The maximum absolute atomic E-state index is 13.0. The lowest BCUT2D eigenvalue weighted by molar-refractivity contribution is -0.00921. The predicted octanol–water partition coefficient (Wildman–Crippen LogP) is 5.06. The van der Waals surface area contributed by atoms with Gasteiger partial charge in [-0.05, 0) is 31.4 Å². The summed E-state index contributed by atoms with van der Waals surface area (Å²) < 4.78 is 24.8. The number of allylic oxidation sites excluding steroid dienone is 2. The molecule has 1 aliphatic rings. The Morgan fingerprint density at radius 3 is 2.68 bits per heavy atom. The molecule has 0 amide bonds. The molecule has 0 spiro atoms. The SMILES string of the molecule is CCCCCCOS(=O)(=S)C1=CC=CCC1(C)OCc1ccccc1. The van der Waals surface area contributed by atoms with Crippen LogP contribution in [0.25, 0.3) is 0 Å². The highest BCUT2D eigenvalue weighted by Crippen LogP contribution is 2.35. The van der Waals surface area contributed by atoms with Crippen molar-refractivity contribution >= 4 is 20.0 Å². The molecule has 5 heteroatoms. The van der Waals surface area contributed by atoms with E-state index in [2.05, 4.69) is 6.92 Å². The Morgan fingerprint density at radius 2 is 1.96 bits per heavy atom. The lowest BCUT2D eigenvalue weighted by Crippen LogP contribution is -2.36. The van der Waals surface area contributed by atoms with E-state index >= 15 is 0 Å². The van der Waals surface area contributed by atoms with Crippen LogP contribution in [0.4, 0.5) is 0 Å². The average molecular weight is 381 g/mol. The van der Waals surface area contributed by atoms with Gasteiger partial charge in [-0.2, -0.15) is 0 Å². The molecular weight excluding hydrogens is 352 g/mol. The lowest BCUT2D eigenvalue weighted by atomic mass is 9.97. The highest BCUT2D eigenvalue weighted by atomic mass is 32.8. The molecule has 25 heavy (non-hydrogen) atoms. The molecule has 0 saturated carbocycles. The van der Waals surface area contributed by atoms with Crippen LogP contribution in [0.5, 0.6) is 0 Å². The van der Waals surface area contributed by atoms with Crippen LogP contribution in [-0.2, 0) is 35.5 Å². The highest BCUT2D eigenvalue weighted by molar-refractivity contribution is 8.32. The molecule has 2 atom stereocenters. The van der Waals surface area contributed by atoms with Crippen LogP contribution < -0.4 is 0 Å². The van der Waals surface area contributed by atoms with E-state index < -0.39 is 14.4 Å². The van der Waals surface area contributed by atoms with E-state index in [-0.39, 0.29) is 0 Å². The predicted molar refractivity (Wildman–Crippen MR) is 107 cm³/mol. The monoisotopic (exact) mass is 380 g/mol. The first kappa shape index (κ1) is 20.3. The molecule has 0 aromatic heterocycles. The van der Waals surface area contributed by atoms with Crippen LogP contribution in [0.1, 0.15) is 51.5 Å². The van der Waals surface area contributed by atoms with Crippen LogP contribution in [0.2, 0.25) is 0 Å². The summed E-state index contributed by atoms with van der Waals surface area (Å²) in [6.07, 6.45) is 10.6. The summed E-state index contributed by atoms with van der Waals surface area (Å²) in [5.41, 5.74) is 0.376. The number of hydrogen-bond acceptors (Lipinski definition) is 4. The van der Waals surface area contributed by atoms with Crippen molar-refractivity contribution in [1.29, 1.82) is 0 Å². The first-order chi connectivity index (χ1) is 12.0. The summed E-state index contributed by atoms with van der Waals surface area (Å²) in [6.45, 7) is 4.98. The maximum Gasteiger partial charge on any atom is 0.172 e. The van der Waals surface area contributed by atoms with E-state index in [9.17, 15) is 4.21 Å². The molecule has 138 valence electrons. The lowest BCUT2D eigenvalue weighted by Gasteiger charge is -2.33. The van der Waals surface area contributed by atoms with E-state index in [1.165, 1.54) is 0 Å². The number of benzene rings is 1. The van der Waals surface area contributed by atoms with E-state index in [1.54, 1.807) is 6.08 Å². The Balaban J connectivity index is 2.02. The molecule has 0 aliphatic heterocycles. The van der Waals surface area contributed by atoms with Crippen LogP contribution in [0.15, 0.2) is 53.5 Å². The van der Waals surface area contributed by atoms with Gasteiger partial charge in [-0.25, -0.2) is 4.21 Å². The van der Waals surface area contributed by atoms with Crippen molar-refractivity contribution in [3.05, 3.63) is 59.0 Å². The first-order valence-corrected chi connectivity index (χ1v) is 11.3. The third kappa shape index (κ3) is 6.03. The van der Waals surface area contributed by atoms with Gasteiger partial charge in [0.1, 0.15) is 5.60 Å². The van der Waals surface area contributed by atoms with Crippen molar-refractivity contribution in [1.82, 2.24) is 0 Å². The number of rotatable bonds is 10. The third-order valence-corrected chi connectivity index (χ3v) is 6.73. The van der Waals surface area contributed by atoms with Crippen molar-refractivity contribution in [2.45, 2.75) is 58.2 Å². The van der Waals surface area contributed by atoms with Gasteiger partial charge in [0.05, 0.1) is 18.1 Å². The van der Waals surface area contributed by atoms with Crippen molar-refractivity contribution in [3.8, 4) is 0 Å². The van der Waals surface area contributed by atoms with E-state index in [0.29, 0.717) is 24.5 Å². The molecule has 1 aromatic carbocycles. The number of hydrogen-bond donors (Lipinski definition) is 0. The summed E-state index contributed by atoms with van der Waals surface area (Å²) in [5.74, 6) is 0. The summed E-state index contributed by atoms with van der Waals surface area (Å²) in [5, 5.41) is 0. The van der Waals surface area contributed by atoms with Gasteiger partial charge in [0, 0.05) is 11.2 Å². The molecular formula is C20H28O3S2. The van der Waals surface area contributed by atoms with Gasteiger partial charge in [0.15, 0.2) is 8.77 Å². The van der Waals surface area contributed by atoms with Gasteiger partial charge in [0.2, 0.25) is 0 Å². The van der Waals surface area contributed by atoms with Gasteiger partial charge in [0.25, 0.3) is 0 Å². The minimum atomic E-state index is -2.96. The van der Waals surface area contributed by atoms with Crippen LogP contribution in [0.3, 0.4) is 0 Å². The van der Waals surface area contributed by atoms with Gasteiger partial charge >= 0.3 is 0 Å². The zero-order valence-electron chi connectivity index (χ0n) is 15.1. The van der Waals surface area contributed by atoms with Crippen molar-refractivity contribution < 1.29 is 13.1 Å². The van der Waals surface area contributed by atoms with Crippen molar-refractivity contribution in [3.63, 3.8) is 0 Å². The second-order valence-electron chi connectivity index (χ2n) is 6.51. The molecule has 0 radical (unpaired) electrons. The Labute approximate surface area is 157 Å². The standard InChI is InChI=1S/C20H28O3S2/c1-3-4-5-11-16-23-25(21,24)19-14-9-10-15-20(19,2)22-17-18-12-7-6-8-13-18/h6-10,12-14H,3-5,11,15-17H2,1-2H3. The molecule has 0 heterocycles. The quantitative estimate of drug-likeness (QED) is 0.531. The van der Waals surface area contributed by atoms with Crippen molar-refractivity contribution in [2.24, 2.45) is 0 Å². The fourth-order valence-electron chi connectivity index (χ4n) is 2.78. The molecule has 0 bridgehead atoms. The normalized spacial score (nSPS) is 22.4. The topological polar surface area (TPSA) is 35.5 Å². The molecule has 0 saturated heterocycles. The highest BCUT2D eigenvalue weighted by Gasteiger charge is 2.37. The van der Waals surface area contributed by atoms with E-state index in [1.807, 2.05) is 49.4 Å². The fraction of sp³-hybridized carbons (Fsp3) is 0.500. The summed E-state index contributed by atoms with van der Waals surface area (Å²) >= 11 is 5.34. The van der Waals surface area contributed by atoms with Gasteiger partial charge in [-0.3, -0.25) is 4.18 Å². The molecule has 2 rings (SSSR count). The second kappa shape index (κ2) is 9.62. The van der Waals surface area contributed by atoms with Gasteiger partial charge < -0.3 is 4.74 Å². The van der Waals surface area contributed by atoms with Crippen LogP contribution in [-0.4, -0.2) is 16.4 Å². The summed E-state index contributed by atoms with van der Waals surface area (Å²) in [4.78, 5) is 0.573. The second-order valence-corrected chi connectivity index (χ2v) is 9.41. The van der Waals surface area contributed by atoms with Crippen molar-refractivity contribution in [2.75, 3.05) is 6.61 Å². The minimum absolute atomic E-state index is 0.429. The maximum atomic E-state index is 13.0. The molecule has 1 aliphatic carbocycles. The van der Waals surface area contributed by atoms with Gasteiger partial charge in [-0.1, -0.05) is 68.7 Å². The molecule has 2 unspecified atom stereocenters. The first-order valence-electron chi connectivity index (χ1n) is 8.92. The largest absolute Gasteiger partial charge is 0.365 e. The van der Waals surface area contributed by atoms with Gasteiger partial charge in [-0.15, -0.1) is 0 Å². The number of unbranched alkanes of at least 4 members (excludes halogenated alkanes) is 3. The Bertz CT molecular complexity index is 693. The van der Waals surface area contributed by atoms with Crippen LogP contribution >= 0.6 is 0 Å². The third-order valence-electron chi connectivity index (χ3n) is 4.32. The van der Waals surface area contributed by atoms with Crippen LogP contribution in [0, 0.1) is 0 Å². The molecule has 0 fully saturated rings. The zero-order valence-corrected chi connectivity index (χ0v) is 16.7. The summed E-state index contributed by atoms with van der Waals surface area (Å²) in [6, 6.07) is 9.96. The summed E-state index contributed by atoms with van der Waals surface area (Å²) in [7, 11) is -2.96. The van der Waals surface area contributed by atoms with E-state index in [4.69, 9.17) is 20.1 Å². The fourth-order valence-corrected chi connectivity index (χ4v) is 5.06. The number of ether oxygens (including phenoxy) is 1. The molecule has 1 aromatic rings. The Morgan fingerprint density at radius 1 is 1.20 bits per heavy atom. The minimum Gasteiger partial charge on any atom is -0.365 e. The smallest absolute Gasteiger partial charge is 0.172 e. The molecule has 3 nitrogen and oxygen atoms in total. The molecule has 0 N–H and O–H groups in total. The average Bonchev–Trinajstić information content (AvgIpc) is 2.61. The van der Waals surface area contributed by atoms with E-state index in [0.717, 1.165) is 31.2 Å². The Kier molecular flexibility index (Phi) is 7.81. The Hall–Kier alpha value is -1.01.